The summed E-state index contributed by atoms with van der Waals surface area (Å²) in [5.41, 5.74) is 5.00. The number of hydrogen-bond donors (Lipinski definition) is 2. The summed E-state index contributed by atoms with van der Waals surface area (Å²) in [6, 6.07) is 13.9. The van der Waals surface area contributed by atoms with Crippen LogP contribution >= 0.6 is 11.3 Å². The summed E-state index contributed by atoms with van der Waals surface area (Å²) in [6.07, 6.45) is 4.78. The molecule has 1 aliphatic carbocycles. The van der Waals surface area contributed by atoms with E-state index in [9.17, 15) is 22.7 Å². The number of thiazole rings is 1. The molecule has 1 fully saturated rings. The van der Waals surface area contributed by atoms with Crippen LogP contribution in [0.1, 0.15) is 66.8 Å². The van der Waals surface area contributed by atoms with Gasteiger partial charge in [-0.2, -0.15) is 0 Å². The fraction of sp³-hybridized carbons (Fsp3) is 0.312. The third-order valence-corrected chi connectivity index (χ3v) is 9.04. The lowest BCUT2D eigenvalue weighted by atomic mass is 10.1. The molecule has 0 spiro atoms. The minimum atomic E-state index is -4.20. The maximum atomic E-state index is 14.8. The van der Waals surface area contributed by atoms with Crippen molar-refractivity contribution in [2.45, 2.75) is 57.4 Å². The number of sulfonamides is 1. The Morgan fingerprint density at radius 3 is 2.64 bits per heavy atom. The number of nitrogens with zero attached hydrogens (tertiary/aromatic N) is 2. The minimum Gasteiger partial charge on any atom is -0.476 e. The molecule has 0 aliphatic heterocycles. The number of aromatic nitrogens is 2. The summed E-state index contributed by atoms with van der Waals surface area (Å²) >= 11 is 1.27. The fourth-order valence-corrected chi connectivity index (χ4v) is 6.26. The van der Waals surface area contributed by atoms with Gasteiger partial charge in [0.2, 0.25) is 10.0 Å². The molecule has 0 unspecified atom stereocenters. The Bertz CT molecular complexity index is 1810. The number of carboxylic acid groups (broad SMARTS) is 1. The zero-order chi connectivity index (χ0) is 30.0. The summed E-state index contributed by atoms with van der Waals surface area (Å²) in [5, 5.41) is 16.8. The normalized spacial score (nSPS) is 13.3. The predicted octanol–water partition coefficient (Wildman–Crippen LogP) is 6.55. The number of carboxylic acids is 1. The molecule has 0 radical (unpaired) electrons. The maximum Gasteiger partial charge on any atom is 0.355 e. The summed E-state index contributed by atoms with van der Waals surface area (Å²) in [6.45, 7) is 4.60. The van der Waals surface area contributed by atoms with Gasteiger partial charge in [-0.1, -0.05) is 43.9 Å². The Labute approximate surface area is 249 Å². The molecule has 1 aliphatic rings. The van der Waals surface area contributed by atoms with E-state index in [4.69, 9.17) is 5.14 Å². The first kappa shape index (κ1) is 29.7. The van der Waals surface area contributed by atoms with E-state index in [-0.39, 0.29) is 12.2 Å². The third kappa shape index (κ3) is 6.98. The van der Waals surface area contributed by atoms with Gasteiger partial charge in [0.15, 0.2) is 5.69 Å². The van der Waals surface area contributed by atoms with E-state index in [1.807, 2.05) is 30.3 Å². The number of rotatable bonds is 10. The number of benzene rings is 2. The number of carbonyl (C=O) groups is 1. The van der Waals surface area contributed by atoms with Gasteiger partial charge in [0, 0.05) is 40.9 Å². The molecule has 1 saturated carbocycles. The molecule has 3 N–H and O–H groups in total. The van der Waals surface area contributed by atoms with Gasteiger partial charge in [0.25, 0.3) is 0 Å². The lowest BCUT2D eigenvalue weighted by Crippen LogP contribution is -2.14. The smallest absolute Gasteiger partial charge is 0.355 e. The van der Waals surface area contributed by atoms with Gasteiger partial charge < -0.3 is 9.67 Å². The van der Waals surface area contributed by atoms with Crippen molar-refractivity contribution in [3.05, 3.63) is 82.2 Å². The van der Waals surface area contributed by atoms with Crippen LogP contribution < -0.4 is 5.14 Å². The van der Waals surface area contributed by atoms with E-state index < -0.39 is 26.7 Å². The van der Waals surface area contributed by atoms with Crippen LogP contribution in [0.15, 0.2) is 58.8 Å². The molecule has 42 heavy (non-hydrogen) atoms. The molecule has 0 bridgehead atoms. The standard InChI is InChI=1S/C32H32FN3O4S2/c1-20(2)6-3-4-7-21-8-5-9-24(14-21)28-17-25(31-35-27(19-41-31)32(37)38)29(16-22-10-11-22)36(28)18-23-12-13-30(26(33)15-23)42(34,39)40/h5,8-9,12-15,17,19-20,22H,3,6,10-11,16,18H2,1-2H3,(H,37,38)(H2,34,39,40). The Balaban J connectivity index is 1.63. The van der Waals surface area contributed by atoms with Crippen molar-refractivity contribution in [2.24, 2.45) is 17.0 Å². The minimum absolute atomic E-state index is 0.0130. The topological polar surface area (TPSA) is 115 Å². The van der Waals surface area contributed by atoms with Gasteiger partial charge in [-0.05, 0) is 79.0 Å². The molecule has 2 aromatic carbocycles. The van der Waals surface area contributed by atoms with Crippen LogP contribution in [0.4, 0.5) is 4.39 Å². The largest absolute Gasteiger partial charge is 0.476 e. The van der Waals surface area contributed by atoms with Crippen LogP contribution in [-0.2, 0) is 23.0 Å². The highest BCUT2D eigenvalue weighted by Crippen LogP contribution is 2.41. The van der Waals surface area contributed by atoms with E-state index in [1.54, 1.807) is 6.07 Å². The molecule has 2 aromatic heterocycles. The molecule has 0 atom stereocenters. The molecule has 0 saturated heterocycles. The lowest BCUT2D eigenvalue weighted by molar-refractivity contribution is 0.0691. The quantitative estimate of drug-likeness (QED) is 0.199. The molecule has 2 heterocycles. The van der Waals surface area contributed by atoms with Gasteiger partial charge >= 0.3 is 5.97 Å². The second-order valence-corrected chi connectivity index (χ2v) is 13.5. The lowest BCUT2D eigenvalue weighted by Gasteiger charge is -2.16. The van der Waals surface area contributed by atoms with Crippen LogP contribution in [0.5, 0.6) is 0 Å². The predicted molar refractivity (Wildman–Crippen MR) is 162 cm³/mol. The van der Waals surface area contributed by atoms with Crippen LogP contribution in [0, 0.1) is 29.5 Å². The van der Waals surface area contributed by atoms with Crippen LogP contribution in [-0.4, -0.2) is 29.0 Å². The van der Waals surface area contributed by atoms with E-state index >= 15 is 0 Å². The van der Waals surface area contributed by atoms with Crippen LogP contribution in [0.3, 0.4) is 0 Å². The third-order valence-electron chi connectivity index (χ3n) is 7.22. The van der Waals surface area contributed by atoms with Crippen molar-refractivity contribution in [2.75, 3.05) is 0 Å². The van der Waals surface area contributed by atoms with Crippen LogP contribution in [0.25, 0.3) is 21.8 Å². The summed E-state index contributed by atoms with van der Waals surface area (Å²) < 4.78 is 40.5. The molecule has 7 nitrogen and oxygen atoms in total. The van der Waals surface area contributed by atoms with Crippen molar-refractivity contribution >= 4 is 27.3 Å². The first-order valence-corrected chi connectivity index (χ1v) is 16.2. The zero-order valence-electron chi connectivity index (χ0n) is 23.4. The highest BCUT2D eigenvalue weighted by Gasteiger charge is 2.28. The monoisotopic (exact) mass is 605 g/mol. The number of hydrogen-bond acceptors (Lipinski definition) is 5. The number of primary sulfonamides is 1. The van der Waals surface area contributed by atoms with Crippen molar-refractivity contribution in [1.29, 1.82) is 0 Å². The molecule has 218 valence electrons. The maximum absolute atomic E-state index is 14.8. The highest BCUT2D eigenvalue weighted by molar-refractivity contribution is 7.89. The average Bonchev–Trinajstić information content (AvgIpc) is 3.48. The molecular formula is C32H32FN3O4S2. The van der Waals surface area contributed by atoms with Crippen molar-refractivity contribution in [3.8, 4) is 33.7 Å². The molecule has 4 aromatic rings. The first-order valence-electron chi connectivity index (χ1n) is 13.8. The molecular weight excluding hydrogens is 574 g/mol. The Kier molecular flexibility index (Phi) is 8.64. The molecule has 0 amide bonds. The average molecular weight is 606 g/mol. The second kappa shape index (κ2) is 12.2. The van der Waals surface area contributed by atoms with E-state index in [0.717, 1.165) is 60.2 Å². The number of halogens is 1. The van der Waals surface area contributed by atoms with Gasteiger partial charge in [-0.25, -0.2) is 27.7 Å². The van der Waals surface area contributed by atoms with E-state index in [2.05, 4.69) is 35.2 Å². The molecule has 5 rings (SSSR count). The van der Waals surface area contributed by atoms with Crippen molar-refractivity contribution in [1.82, 2.24) is 9.55 Å². The Hall–Kier alpha value is -3.78. The SMILES string of the molecule is CC(C)CCC#Cc1cccc(-c2cc(-c3nc(C(=O)O)cs3)c(CC3CC3)n2Cc2ccc(S(N)(=O)=O)c(F)c2)c1. The van der Waals surface area contributed by atoms with Crippen molar-refractivity contribution < 1.29 is 22.7 Å². The first-order chi connectivity index (χ1) is 20.0. The zero-order valence-corrected chi connectivity index (χ0v) is 25.1. The van der Waals surface area contributed by atoms with Gasteiger partial charge in [-0.3, -0.25) is 0 Å². The van der Waals surface area contributed by atoms with Crippen molar-refractivity contribution in [3.63, 3.8) is 0 Å². The Morgan fingerprint density at radius 1 is 1.21 bits per heavy atom. The Morgan fingerprint density at radius 2 is 2.00 bits per heavy atom. The highest BCUT2D eigenvalue weighted by atomic mass is 32.2. The number of aromatic carboxylic acids is 1. The van der Waals surface area contributed by atoms with Crippen LogP contribution in [0.2, 0.25) is 0 Å². The molecule has 10 heteroatoms. The summed E-state index contributed by atoms with van der Waals surface area (Å²) in [7, 11) is -4.20. The van der Waals surface area contributed by atoms with E-state index in [0.29, 0.717) is 22.4 Å². The summed E-state index contributed by atoms with van der Waals surface area (Å²) in [4.78, 5) is 15.5. The fourth-order valence-electron chi connectivity index (χ4n) is 4.84. The van der Waals surface area contributed by atoms with Gasteiger partial charge in [-0.15, -0.1) is 11.3 Å². The number of nitrogens with two attached hydrogens (primary N) is 1. The van der Waals surface area contributed by atoms with Gasteiger partial charge in [0.1, 0.15) is 15.7 Å². The second-order valence-electron chi connectivity index (χ2n) is 11.1. The van der Waals surface area contributed by atoms with Gasteiger partial charge in [0.05, 0.1) is 0 Å². The van der Waals surface area contributed by atoms with E-state index in [1.165, 1.54) is 28.8 Å². The summed E-state index contributed by atoms with van der Waals surface area (Å²) in [5.74, 6) is 5.60.